The summed E-state index contributed by atoms with van der Waals surface area (Å²) in [5.74, 6) is -2.09. The van der Waals surface area contributed by atoms with E-state index < -0.39 is 48.9 Å². The molecule has 3 heterocycles. The van der Waals surface area contributed by atoms with Gasteiger partial charge < -0.3 is 14.9 Å². The SMILES string of the molecule is C[C@@](O)(C(=O)N1C[C@@H](N2CCc3ncccc3C2=O)[C@@H](F)C1)C(F)(F)F. The van der Waals surface area contributed by atoms with Crippen LogP contribution in [0.5, 0.6) is 0 Å². The second-order valence-electron chi connectivity index (χ2n) is 6.61. The van der Waals surface area contributed by atoms with Gasteiger partial charge in [0.15, 0.2) is 0 Å². The van der Waals surface area contributed by atoms with Crippen molar-refractivity contribution in [2.24, 2.45) is 0 Å². The van der Waals surface area contributed by atoms with E-state index in [1.54, 1.807) is 12.1 Å². The molecule has 6 nitrogen and oxygen atoms in total. The number of rotatable bonds is 2. The number of alkyl halides is 4. The Morgan fingerprint density at radius 2 is 2.04 bits per heavy atom. The molecule has 0 aromatic carbocycles. The average Bonchev–Trinajstić information content (AvgIpc) is 2.95. The highest BCUT2D eigenvalue weighted by Crippen LogP contribution is 2.34. The zero-order valence-electron chi connectivity index (χ0n) is 13.8. The lowest BCUT2D eigenvalue weighted by Gasteiger charge is -2.34. The smallest absolute Gasteiger partial charge is 0.373 e. The number of aromatic nitrogens is 1. The van der Waals surface area contributed by atoms with Gasteiger partial charge in [0, 0.05) is 25.7 Å². The molecule has 1 fully saturated rings. The predicted molar refractivity (Wildman–Crippen MR) is 80.9 cm³/mol. The van der Waals surface area contributed by atoms with Gasteiger partial charge >= 0.3 is 6.18 Å². The first-order chi connectivity index (χ1) is 12.0. The molecular formula is C16H17F4N3O3. The number of carbonyl (C=O) groups excluding carboxylic acids is 2. The lowest BCUT2D eigenvalue weighted by Crippen LogP contribution is -2.56. The highest BCUT2D eigenvalue weighted by Gasteiger charge is 2.58. The lowest BCUT2D eigenvalue weighted by molar-refractivity contribution is -0.249. The van der Waals surface area contributed by atoms with E-state index >= 15 is 0 Å². The summed E-state index contributed by atoms with van der Waals surface area (Å²) in [6.07, 6.45) is -4.96. The molecule has 3 atom stereocenters. The van der Waals surface area contributed by atoms with Crippen LogP contribution in [0, 0.1) is 0 Å². The maximum atomic E-state index is 14.5. The fourth-order valence-electron chi connectivity index (χ4n) is 3.27. The minimum Gasteiger partial charge on any atom is -0.373 e. The summed E-state index contributed by atoms with van der Waals surface area (Å²) in [6, 6.07) is 2.05. The Hall–Kier alpha value is -2.23. The number of aliphatic hydroxyl groups is 1. The Morgan fingerprint density at radius 3 is 2.69 bits per heavy atom. The van der Waals surface area contributed by atoms with E-state index in [9.17, 15) is 32.3 Å². The van der Waals surface area contributed by atoms with Crippen molar-refractivity contribution in [3.8, 4) is 0 Å². The first-order valence-corrected chi connectivity index (χ1v) is 8.01. The maximum Gasteiger partial charge on any atom is 0.426 e. The number of hydrogen-bond acceptors (Lipinski definition) is 4. The van der Waals surface area contributed by atoms with Gasteiger partial charge in [-0.05, 0) is 19.1 Å². The van der Waals surface area contributed by atoms with Crippen molar-refractivity contribution in [3.63, 3.8) is 0 Å². The van der Waals surface area contributed by atoms with Crippen molar-refractivity contribution in [1.82, 2.24) is 14.8 Å². The topological polar surface area (TPSA) is 73.7 Å². The van der Waals surface area contributed by atoms with Crippen molar-refractivity contribution < 1.29 is 32.3 Å². The van der Waals surface area contributed by atoms with E-state index in [0.717, 1.165) is 0 Å². The van der Waals surface area contributed by atoms with Gasteiger partial charge in [-0.1, -0.05) is 0 Å². The molecule has 142 valence electrons. The first-order valence-electron chi connectivity index (χ1n) is 8.01. The maximum absolute atomic E-state index is 14.5. The van der Waals surface area contributed by atoms with Gasteiger partial charge in [0.2, 0.25) is 5.60 Å². The van der Waals surface area contributed by atoms with E-state index in [0.29, 0.717) is 29.5 Å². The third-order valence-electron chi connectivity index (χ3n) is 4.85. The Kier molecular flexibility index (Phi) is 4.41. The number of halogens is 4. The van der Waals surface area contributed by atoms with Crippen LogP contribution >= 0.6 is 0 Å². The molecule has 3 rings (SSSR count). The molecule has 1 aromatic rings. The quantitative estimate of drug-likeness (QED) is 0.781. The molecule has 2 aliphatic heterocycles. The largest absolute Gasteiger partial charge is 0.426 e. The first kappa shape index (κ1) is 18.6. The molecule has 1 aromatic heterocycles. The second kappa shape index (κ2) is 6.19. The Bertz CT molecular complexity index is 738. The third kappa shape index (κ3) is 2.91. The lowest BCUT2D eigenvalue weighted by atomic mass is 10.0. The number of pyridine rings is 1. The summed E-state index contributed by atoms with van der Waals surface area (Å²) in [7, 11) is 0. The normalized spacial score (nSPS) is 25.8. The third-order valence-corrected chi connectivity index (χ3v) is 4.85. The molecule has 0 bridgehead atoms. The fraction of sp³-hybridized carbons (Fsp3) is 0.562. The Labute approximate surface area is 146 Å². The molecule has 26 heavy (non-hydrogen) atoms. The minimum absolute atomic E-state index is 0.158. The van der Waals surface area contributed by atoms with E-state index in [2.05, 4.69) is 4.98 Å². The number of nitrogens with zero attached hydrogens (tertiary/aromatic N) is 3. The molecule has 0 saturated carbocycles. The minimum atomic E-state index is -5.18. The number of carbonyl (C=O) groups is 2. The monoisotopic (exact) mass is 375 g/mol. The Morgan fingerprint density at radius 1 is 1.35 bits per heavy atom. The van der Waals surface area contributed by atoms with Gasteiger partial charge in [0.25, 0.3) is 11.8 Å². The number of fused-ring (bicyclic) bond motifs is 1. The van der Waals surface area contributed by atoms with Crippen LogP contribution in [0.1, 0.15) is 23.0 Å². The van der Waals surface area contributed by atoms with Crippen LogP contribution < -0.4 is 0 Å². The van der Waals surface area contributed by atoms with Gasteiger partial charge in [0.1, 0.15) is 6.17 Å². The summed E-state index contributed by atoms with van der Waals surface area (Å²) in [5, 5.41) is 9.52. The van der Waals surface area contributed by atoms with Crippen LogP contribution in [0.25, 0.3) is 0 Å². The molecule has 0 radical (unpaired) electrons. The van der Waals surface area contributed by atoms with E-state index in [-0.39, 0.29) is 6.54 Å². The molecule has 2 amide bonds. The number of amides is 2. The van der Waals surface area contributed by atoms with Gasteiger partial charge in [-0.15, -0.1) is 0 Å². The zero-order chi connectivity index (χ0) is 19.3. The Balaban J connectivity index is 1.78. The highest BCUT2D eigenvalue weighted by molar-refractivity contribution is 5.96. The van der Waals surface area contributed by atoms with E-state index in [1.165, 1.54) is 11.1 Å². The van der Waals surface area contributed by atoms with Crippen LogP contribution in [0.15, 0.2) is 18.3 Å². The van der Waals surface area contributed by atoms with E-state index in [4.69, 9.17) is 0 Å². The summed E-state index contributed by atoms with van der Waals surface area (Å²) in [5.41, 5.74) is -2.71. The van der Waals surface area contributed by atoms with Gasteiger partial charge in [-0.25, -0.2) is 4.39 Å². The van der Waals surface area contributed by atoms with Crippen molar-refractivity contribution >= 4 is 11.8 Å². The number of likely N-dealkylation sites (tertiary alicyclic amines) is 1. The van der Waals surface area contributed by atoms with Crippen LogP contribution in [0.3, 0.4) is 0 Å². The highest BCUT2D eigenvalue weighted by atomic mass is 19.4. The van der Waals surface area contributed by atoms with Crippen molar-refractivity contribution in [1.29, 1.82) is 0 Å². The van der Waals surface area contributed by atoms with E-state index in [1.807, 2.05) is 0 Å². The van der Waals surface area contributed by atoms with Crippen molar-refractivity contribution in [2.75, 3.05) is 19.6 Å². The molecule has 10 heteroatoms. The van der Waals surface area contributed by atoms with Crippen LogP contribution in [-0.4, -0.2) is 75.3 Å². The summed E-state index contributed by atoms with van der Waals surface area (Å²) < 4.78 is 53.0. The molecule has 0 spiro atoms. The fourth-order valence-corrected chi connectivity index (χ4v) is 3.27. The average molecular weight is 375 g/mol. The number of hydrogen-bond donors (Lipinski definition) is 1. The van der Waals surface area contributed by atoms with Crippen molar-refractivity contribution in [3.05, 3.63) is 29.6 Å². The predicted octanol–water partition coefficient (Wildman–Crippen LogP) is 0.942. The van der Waals surface area contributed by atoms with Crippen molar-refractivity contribution in [2.45, 2.75) is 37.3 Å². The molecular weight excluding hydrogens is 358 g/mol. The molecule has 0 aliphatic carbocycles. The summed E-state index contributed by atoms with van der Waals surface area (Å²) >= 11 is 0. The zero-order valence-corrected chi connectivity index (χ0v) is 13.8. The standard InChI is InChI=1S/C16H17F4N3O3/c1-15(26,16(18,19)20)14(25)22-7-10(17)12(8-22)23-6-4-11-9(13(23)24)3-2-5-21-11/h2-3,5,10,12,26H,4,6-8H2,1H3/t10-,12+,15+/m0/s1. The van der Waals surface area contributed by atoms with Crippen LogP contribution in [0.2, 0.25) is 0 Å². The van der Waals surface area contributed by atoms with Crippen LogP contribution in [0.4, 0.5) is 17.6 Å². The molecule has 1 N–H and O–H groups in total. The summed E-state index contributed by atoms with van der Waals surface area (Å²) in [6.45, 7) is -0.525. The second-order valence-corrected chi connectivity index (χ2v) is 6.61. The molecule has 0 unspecified atom stereocenters. The molecule has 2 aliphatic rings. The summed E-state index contributed by atoms with van der Waals surface area (Å²) in [4.78, 5) is 30.5. The molecule has 1 saturated heterocycles. The van der Waals surface area contributed by atoms with Crippen LogP contribution in [-0.2, 0) is 11.2 Å². The van der Waals surface area contributed by atoms with Gasteiger partial charge in [-0.2, -0.15) is 13.2 Å². The van der Waals surface area contributed by atoms with Gasteiger partial charge in [0.05, 0.1) is 23.8 Å². The van der Waals surface area contributed by atoms with Gasteiger partial charge in [-0.3, -0.25) is 14.6 Å².